The monoisotopic (exact) mass is 385 g/mol. The van der Waals surface area contributed by atoms with Crippen molar-refractivity contribution >= 4 is 17.6 Å². The van der Waals surface area contributed by atoms with Crippen molar-refractivity contribution in [1.82, 2.24) is 0 Å². The van der Waals surface area contributed by atoms with Crippen molar-refractivity contribution in [2.45, 2.75) is 40.7 Å². The summed E-state index contributed by atoms with van der Waals surface area (Å²) in [6.07, 6.45) is -0.950. The third-order valence-electron chi connectivity index (χ3n) is 4.16. The van der Waals surface area contributed by atoms with Crippen LogP contribution >= 0.6 is 0 Å². The van der Waals surface area contributed by atoms with Gasteiger partial charge in [-0.05, 0) is 63.9 Å². The van der Waals surface area contributed by atoms with E-state index in [1.165, 1.54) is 0 Å². The van der Waals surface area contributed by atoms with Gasteiger partial charge in [0.25, 0.3) is 5.91 Å². The van der Waals surface area contributed by atoms with Gasteiger partial charge in [-0.2, -0.15) is 0 Å². The summed E-state index contributed by atoms with van der Waals surface area (Å²) in [6, 6.07) is 10.6. The Hall–Kier alpha value is -3.02. The van der Waals surface area contributed by atoms with Crippen LogP contribution in [0, 0.1) is 13.8 Å². The Morgan fingerprint density at radius 2 is 1.57 bits per heavy atom. The van der Waals surface area contributed by atoms with E-state index >= 15 is 0 Å². The van der Waals surface area contributed by atoms with Crippen molar-refractivity contribution in [3.8, 4) is 11.5 Å². The van der Waals surface area contributed by atoms with Gasteiger partial charge in [-0.15, -0.1) is 0 Å². The normalized spacial score (nSPS) is 11.5. The maximum absolute atomic E-state index is 12.5. The standard InChI is InChI=1S/C22H27NO5/c1-6-26-18-12-11-17(13-19(18)27-7-2)22(25)28-16(5)21(24)23-20-14(3)9-8-10-15(20)4/h8-13,16H,6-7H2,1-5H3,(H,23,24). The summed E-state index contributed by atoms with van der Waals surface area (Å²) in [7, 11) is 0. The molecule has 0 fully saturated rings. The molecule has 0 saturated carbocycles. The first-order valence-electron chi connectivity index (χ1n) is 9.35. The first-order valence-corrected chi connectivity index (χ1v) is 9.35. The Bertz CT molecular complexity index is 827. The smallest absolute Gasteiger partial charge is 0.339 e. The molecule has 2 aromatic rings. The van der Waals surface area contributed by atoms with Crippen molar-refractivity contribution in [2.24, 2.45) is 0 Å². The molecule has 28 heavy (non-hydrogen) atoms. The van der Waals surface area contributed by atoms with Crippen LogP contribution in [0.3, 0.4) is 0 Å². The molecule has 0 radical (unpaired) electrons. The fourth-order valence-electron chi connectivity index (χ4n) is 2.70. The summed E-state index contributed by atoms with van der Waals surface area (Å²) in [5.74, 6) is 0.0306. The predicted molar refractivity (Wildman–Crippen MR) is 108 cm³/mol. The number of benzene rings is 2. The van der Waals surface area contributed by atoms with Gasteiger partial charge in [-0.25, -0.2) is 4.79 Å². The molecule has 0 aliphatic rings. The van der Waals surface area contributed by atoms with E-state index in [4.69, 9.17) is 14.2 Å². The average Bonchev–Trinajstić information content (AvgIpc) is 2.66. The predicted octanol–water partition coefficient (Wildman–Crippen LogP) is 4.28. The Labute approximate surface area is 165 Å². The highest BCUT2D eigenvalue weighted by atomic mass is 16.5. The summed E-state index contributed by atoms with van der Waals surface area (Å²) in [5, 5.41) is 2.83. The van der Waals surface area contributed by atoms with E-state index < -0.39 is 12.1 Å². The molecule has 2 rings (SSSR count). The molecule has 1 N–H and O–H groups in total. The van der Waals surface area contributed by atoms with E-state index in [0.717, 1.165) is 16.8 Å². The zero-order valence-electron chi connectivity index (χ0n) is 17.0. The molecule has 2 aromatic carbocycles. The third-order valence-corrected chi connectivity index (χ3v) is 4.16. The van der Waals surface area contributed by atoms with Gasteiger partial charge < -0.3 is 19.5 Å². The highest BCUT2D eigenvalue weighted by molar-refractivity contribution is 5.98. The van der Waals surface area contributed by atoms with E-state index in [1.54, 1.807) is 25.1 Å². The number of hydrogen-bond donors (Lipinski definition) is 1. The number of rotatable bonds is 8. The minimum atomic E-state index is -0.950. The van der Waals surface area contributed by atoms with Crippen molar-refractivity contribution in [2.75, 3.05) is 18.5 Å². The molecule has 0 aromatic heterocycles. The molecule has 1 unspecified atom stereocenters. The molecular weight excluding hydrogens is 358 g/mol. The zero-order valence-corrected chi connectivity index (χ0v) is 17.0. The zero-order chi connectivity index (χ0) is 20.7. The van der Waals surface area contributed by atoms with Crippen LogP contribution in [0.2, 0.25) is 0 Å². The number of hydrogen-bond acceptors (Lipinski definition) is 5. The van der Waals surface area contributed by atoms with Crippen LogP contribution < -0.4 is 14.8 Å². The number of esters is 1. The van der Waals surface area contributed by atoms with Crippen LogP contribution in [0.25, 0.3) is 0 Å². The summed E-state index contributed by atoms with van der Waals surface area (Å²) in [5.41, 5.74) is 2.91. The van der Waals surface area contributed by atoms with Crippen molar-refractivity contribution < 1.29 is 23.8 Å². The van der Waals surface area contributed by atoms with E-state index in [0.29, 0.717) is 30.3 Å². The molecule has 6 heteroatoms. The summed E-state index contributed by atoms with van der Waals surface area (Å²) >= 11 is 0. The van der Waals surface area contributed by atoms with Crippen LogP contribution in [0.5, 0.6) is 11.5 Å². The minimum Gasteiger partial charge on any atom is -0.490 e. The van der Waals surface area contributed by atoms with E-state index in [-0.39, 0.29) is 5.91 Å². The van der Waals surface area contributed by atoms with Gasteiger partial charge in [0.05, 0.1) is 18.8 Å². The van der Waals surface area contributed by atoms with Gasteiger partial charge in [0.15, 0.2) is 17.6 Å². The Morgan fingerprint density at radius 3 is 2.18 bits per heavy atom. The quantitative estimate of drug-likeness (QED) is 0.687. The number of ether oxygens (including phenoxy) is 3. The Morgan fingerprint density at radius 1 is 0.964 bits per heavy atom. The van der Waals surface area contributed by atoms with Gasteiger partial charge in [0.2, 0.25) is 0 Å². The first kappa shape index (κ1) is 21.3. The van der Waals surface area contributed by atoms with Crippen LogP contribution in [-0.4, -0.2) is 31.2 Å². The maximum atomic E-state index is 12.5. The van der Waals surface area contributed by atoms with Gasteiger partial charge in [-0.1, -0.05) is 18.2 Å². The first-order chi connectivity index (χ1) is 13.4. The topological polar surface area (TPSA) is 73.9 Å². The fraction of sp³-hybridized carbons (Fsp3) is 0.364. The molecule has 6 nitrogen and oxygen atoms in total. The second-order valence-corrected chi connectivity index (χ2v) is 6.33. The number of carbonyl (C=O) groups excluding carboxylic acids is 2. The summed E-state index contributed by atoms with van der Waals surface area (Å²) in [6.45, 7) is 10.0. The molecule has 150 valence electrons. The SMILES string of the molecule is CCOc1ccc(C(=O)OC(C)C(=O)Nc2c(C)cccc2C)cc1OCC. The van der Waals surface area contributed by atoms with Crippen molar-refractivity contribution in [1.29, 1.82) is 0 Å². The van der Waals surface area contributed by atoms with E-state index in [1.807, 2.05) is 45.9 Å². The molecular formula is C22H27NO5. The summed E-state index contributed by atoms with van der Waals surface area (Å²) in [4.78, 5) is 24.9. The Kier molecular flexibility index (Phi) is 7.44. The third kappa shape index (κ3) is 5.25. The van der Waals surface area contributed by atoms with Crippen LogP contribution in [0.4, 0.5) is 5.69 Å². The lowest BCUT2D eigenvalue weighted by Gasteiger charge is -2.17. The van der Waals surface area contributed by atoms with E-state index in [2.05, 4.69) is 5.32 Å². The Balaban J connectivity index is 2.09. The van der Waals surface area contributed by atoms with Crippen molar-refractivity contribution in [3.05, 3.63) is 53.1 Å². The van der Waals surface area contributed by atoms with Crippen LogP contribution in [-0.2, 0) is 9.53 Å². The van der Waals surface area contributed by atoms with Crippen LogP contribution in [0.15, 0.2) is 36.4 Å². The van der Waals surface area contributed by atoms with Crippen molar-refractivity contribution in [3.63, 3.8) is 0 Å². The number of nitrogens with one attached hydrogen (secondary N) is 1. The fourth-order valence-corrected chi connectivity index (χ4v) is 2.70. The molecule has 0 aliphatic heterocycles. The second-order valence-electron chi connectivity index (χ2n) is 6.33. The number of aryl methyl sites for hydroxylation is 2. The van der Waals surface area contributed by atoms with Gasteiger partial charge in [-0.3, -0.25) is 4.79 Å². The molecule has 0 bridgehead atoms. The highest BCUT2D eigenvalue weighted by Crippen LogP contribution is 2.29. The summed E-state index contributed by atoms with van der Waals surface area (Å²) < 4.78 is 16.4. The maximum Gasteiger partial charge on any atom is 0.339 e. The minimum absolute atomic E-state index is 0.290. The lowest BCUT2D eigenvalue weighted by atomic mass is 10.1. The second kappa shape index (κ2) is 9.78. The largest absolute Gasteiger partial charge is 0.490 e. The van der Waals surface area contributed by atoms with Gasteiger partial charge >= 0.3 is 5.97 Å². The average molecular weight is 385 g/mol. The lowest BCUT2D eigenvalue weighted by Crippen LogP contribution is -2.30. The number of anilines is 1. The van der Waals surface area contributed by atoms with E-state index in [9.17, 15) is 9.59 Å². The molecule has 0 heterocycles. The molecule has 1 atom stereocenters. The van der Waals surface area contributed by atoms with Gasteiger partial charge in [0.1, 0.15) is 0 Å². The van der Waals surface area contributed by atoms with Crippen LogP contribution in [0.1, 0.15) is 42.3 Å². The highest BCUT2D eigenvalue weighted by Gasteiger charge is 2.21. The van der Waals surface area contributed by atoms with Gasteiger partial charge in [0, 0.05) is 5.69 Å². The number of para-hydroxylation sites is 1. The lowest BCUT2D eigenvalue weighted by molar-refractivity contribution is -0.123. The molecule has 0 saturated heterocycles. The molecule has 0 spiro atoms. The number of amides is 1. The number of carbonyl (C=O) groups is 2. The molecule has 1 amide bonds. The molecule has 0 aliphatic carbocycles.